The Morgan fingerprint density at radius 2 is 0.933 bits per heavy atom. The van der Waals surface area contributed by atoms with Gasteiger partial charge in [0.25, 0.3) is 0 Å². The maximum Gasteiger partial charge on any atom is 0.108 e. The normalized spacial score (nSPS) is 13.2. The first-order chi connectivity index (χ1) is 6.71. The molecule has 92 valence electrons. The number of hydrogen-bond acceptors (Lipinski definition) is 3. The van der Waals surface area contributed by atoms with Crippen LogP contribution in [0.15, 0.2) is 0 Å². The van der Waals surface area contributed by atoms with Gasteiger partial charge in [-0.2, -0.15) is 34.2 Å². The predicted molar refractivity (Wildman–Crippen MR) is 88.9 cm³/mol. The molecule has 15 heavy (non-hydrogen) atoms. The van der Waals surface area contributed by atoms with Gasteiger partial charge in [-0.25, -0.2) is 0 Å². The molecule has 0 radical (unpaired) electrons. The first kappa shape index (κ1) is 16.5. The highest BCUT2D eigenvalue weighted by Crippen LogP contribution is 2.22. The maximum absolute atomic E-state index is 2.43. The van der Waals surface area contributed by atoms with E-state index in [4.69, 9.17) is 0 Å². The van der Waals surface area contributed by atoms with Crippen molar-refractivity contribution in [3.8, 4) is 0 Å². The topological polar surface area (TPSA) is 0 Å². The number of hydrogen-bond donors (Lipinski definition) is 0. The highest BCUT2D eigenvalue weighted by Gasteiger charge is 2.13. The van der Waals surface area contributed by atoms with Crippen molar-refractivity contribution in [1.29, 1.82) is 0 Å². The summed E-state index contributed by atoms with van der Waals surface area (Å²) in [5, 5.41) is 0. The first-order valence-corrected chi connectivity index (χ1v) is 17.1. The van der Waals surface area contributed by atoms with Gasteiger partial charge in [-0.1, -0.05) is 39.3 Å². The summed E-state index contributed by atoms with van der Waals surface area (Å²) in [6.45, 7) is 14.6. The van der Waals surface area contributed by atoms with Crippen LogP contribution in [-0.4, -0.2) is 37.5 Å². The molecule has 0 rings (SSSR count). The lowest BCUT2D eigenvalue weighted by atomic mass is 10.9. The monoisotopic (exact) mass is 298 g/mol. The second kappa shape index (κ2) is 7.74. The van der Waals surface area contributed by atoms with Crippen LogP contribution >= 0.6 is 34.2 Å². The van der Waals surface area contributed by atoms with Crippen molar-refractivity contribution in [2.45, 2.75) is 39.3 Å². The van der Waals surface area contributed by atoms with Crippen LogP contribution in [0.25, 0.3) is 0 Å². The van der Waals surface area contributed by atoms with E-state index >= 15 is 0 Å². The third kappa shape index (κ3) is 15.5. The number of thioether (sulfide) groups is 1. The highest BCUT2D eigenvalue weighted by atomic mass is 32.4. The number of rotatable bonds is 8. The van der Waals surface area contributed by atoms with Crippen LogP contribution in [0, 0.1) is 0 Å². The van der Waals surface area contributed by atoms with Crippen LogP contribution in [0.5, 0.6) is 0 Å². The third-order valence-corrected chi connectivity index (χ3v) is 12.0. The zero-order chi connectivity index (χ0) is 11.9. The fraction of sp³-hybridized carbons (Fsp3) is 1.00. The molecule has 0 aromatic heterocycles. The second-order valence-electron chi connectivity index (χ2n) is 5.53. The smallest absolute Gasteiger partial charge is 0.108 e. The fourth-order valence-corrected chi connectivity index (χ4v) is 9.13. The van der Waals surface area contributed by atoms with E-state index in [-0.39, 0.29) is 0 Å². The Morgan fingerprint density at radius 1 is 0.600 bits per heavy atom. The van der Waals surface area contributed by atoms with Crippen molar-refractivity contribution in [3.05, 3.63) is 0 Å². The molecule has 0 amide bonds. The van der Waals surface area contributed by atoms with Crippen molar-refractivity contribution in [2.24, 2.45) is 0 Å². The lowest BCUT2D eigenvalue weighted by molar-refractivity contribution is 1.50. The minimum atomic E-state index is -0.851. The quantitative estimate of drug-likeness (QED) is 0.464. The van der Waals surface area contributed by atoms with Gasteiger partial charge < -0.3 is 0 Å². The summed E-state index contributed by atoms with van der Waals surface area (Å²) in [6, 6.07) is 0. The summed E-state index contributed by atoms with van der Waals surface area (Å²) in [5.41, 5.74) is 0. The molecule has 0 saturated heterocycles. The summed E-state index contributed by atoms with van der Waals surface area (Å²) in [6.07, 6.45) is 0. The predicted octanol–water partition coefficient (Wildman–Crippen LogP) is 4.86. The van der Waals surface area contributed by atoms with Crippen molar-refractivity contribution in [2.75, 3.05) is 23.0 Å². The van der Waals surface area contributed by atoms with E-state index in [0.717, 1.165) is 0 Å². The molecular weight excluding hydrogens is 272 g/mol. The van der Waals surface area contributed by atoms with Gasteiger partial charge in [0.15, 0.2) is 0 Å². The Morgan fingerprint density at radius 3 is 1.20 bits per heavy atom. The Hall–Kier alpha value is 1.48. The summed E-state index contributed by atoms with van der Waals surface area (Å²) >= 11 is 6.57. The second-order valence-corrected chi connectivity index (χ2v) is 25.7. The van der Waals surface area contributed by atoms with Gasteiger partial charge in [0.05, 0.1) is 0 Å². The van der Waals surface area contributed by atoms with Crippen molar-refractivity contribution >= 4 is 48.6 Å². The van der Waals surface area contributed by atoms with E-state index in [1.54, 1.807) is 0 Å². The zero-order valence-electron chi connectivity index (χ0n) is 11.1. The van der Waals surface area contributed by atoms with Crippen molar-refractivity contribution < 1.29 is 0 Å². The van der Waals surface area contributed by atoms with Crippen LogP contribution in [0.1, 0.15) is 0 Å². The van der Waals surface area contributed by atoms with Gasteiger partial charge in [0, 0.05) is 11.5 Å². The highest BCUT2D eigenvalue weighted by molar-refractivity contribution is 8.29. The SMILES string of the molecule is C[Si](C)(C)SCCSCCS[Si](C)(C)C. The van der Waals surface area contributed by atoms with Gasteiger partial charge in [-0.05, 0) is 11.5 Å². The third-order valence-electron chi connectivity index (χ3n) is 1.53. The maximum atomic E-state index is 2.43. The lowest BCUT2D eigenvalue weighted by Crippen LogP contribution is -2.16. The summed E-state index contributed by atoms with van der Waals surface area (Å²) in [5.74, 6) is 5.42. The molecule has 0 atom stereocenters. The lowest BCUT2D eigenvalue weighted by Gasteiger charge is -2.16. The Labute approximate surface area is 110 Å². The van der Waals surface area contributed by atoms with Crippen LogP contribution in [0.3, 0.4) is 0 Å². The largest absolute Gasteiger partial charge is 0.185 e. The van der Waals surface area contributed by atoms with Gasteiger partial charge in [0.2, 0.25) is 0 Å². The fourth-order valence-electron chi connectivity index (χ4n) is 0.916. The van der Waals surface area contributed by atoms with Gasteiger partial charge >= 0.3 is 0 Å². The van der Waals surface area contributed by atoms with Crippen molar-refractivity contribution in [3.63, 3.8) is 0 Å². The van der Waals surface area contributed by atoms with Gasteiger partial charge in [-0.3, -0.25) is 0 Å². The van der Waals surface area contributed by atoms with E-state index in [0.29, 0.717) is 0 Å². The molecule has 0 aromatic rings. The van der Waals surface area contributed by atoms with Gasteiger partial charge in [-0.15, -0.1) is 0 Å². The molecule has 0 spiro atoms. The van der Waals surface area contributed by atoms with E-state index in [9.17, 15) is 0 Å². The Bertz CT molecular complexity index is 143. The average molecular weight is 299 g/mol. The van der Waals surface area contributed by atoms with Crippen LogP contribution in [0.4, 0.5) is 0 Å². The molecule has 0 fully saturated rings. The molecule has 0 N–H and O–H groups in total. The standard InChI is InChI=1S/C10H26S3Si2/c1-14(2,3)12-9-7-11-8-10-13-15(4,5)6/h7-10H2,1-6H3. The van der Waals surface area contributed by atoms with Crippen LogP contribution < -0.4 is 0 Å². The summed E-state index contributed by atoms with van der Waals surface area (Å²) in [4.78, 5) is 0. The molecule has 0 heterocycles. The minimum Gasteiger partial charge on any atom is -0.185 e. The molecule has 0 aliphatic carbocycles. The molecule has 5 heteroatoms. The molecule has 0 aliphatic heterocycles. The van der Waals surface area contributed by atoms with E-state index < -0.39 is 14.4 Å². The minimum absolute atomic E-state index is 0.851. The summed E-state index contributed by atoms with van der Waals surface area (Å²) < 4.78 is 0. The van der Waals surface area contributed by atoms with Crippen molar-refractivity contribution in [1.82, 2.24) is 0 Å². The molecule has 0 aromatic carbocycles. The van der Waals surface area contributed by atoms with E-state index in [1.807, 2.05) is 0 Å². The Kier molecular flexibility index (Phi) is 8.51. The van der Waals surface area contributed by atoms with E-state index in [1.165, 1.54) is 23.0 Å². The molecule has 0 aliphatic rings. The van der Waals surface area contributed by atoms with Crippen LogP contribution in [-0.2, 0) is 0 Å². The zero-order valence-corrected chi connectivity index (χ0v) is 15.5. The van der Waals surface area contributed by atoms with Crippen LogP contribution in [0.2, 0.25) is 39.3 Å². The molecule has 0 bridgehead atoms. The molecule has 0 unspecified atom stereocenters. The molecular formula is C10H26S3Si2. The van der Waals surface area contributed by atoms with Gasteiger partial charge in [0.1, 0.15) is 14.4 Å². The first-order valence-electron chi connectivity index (χ1n) is 5.56. The Balaban J connectivity index is 3.20. The summed E-state index contributed by atoms with van der Waals surface area (Å²) in [7, 11) is -1.70. The molecule has 0 saturated carbocycles. The van der Waals surface area contributed by atoms with E-state index in [2.05, 4.69) is 73.5 Å². The molecule has 0 nitrogen and oxygen atoms in total. The average Bonchev–Trinajstić information content (AvgIpc) is 1.98.